The second-order valence-corrected chi connectivity index (χ2v) is 10.7. The molecule has 0 atom stereocenters. The molecule has 6 aromatic heterocycles. The Morgan fingerprint density at radius 1 is 0.756 bits per heavy atom. The van der Waals surface area contributed by atoms with E-state index < -0.39 is 11.7 Å². The number of halogens is 3. The Labute approximate surface area is 256 Å². The molecule has 228 valence electrons. The van der Waals surface area contributed by atoms with Gasteiger partial charge in [0.1, 0.15) is 17.2 Å². The van der Waals surface area contributed by atoms with E-state index in [-0.39, 0.29) is 18.7 Å². The Bertz CT molecular complexity index is 1930. The number of hydrogen-bond donors (Lipinski definition) is 2. The molecule has 1 saturated carbocycles. The fourth-order valence-corrected chi connectivity index (χ4v) is 5.21. The van der Waals surface area contributed by atoms with Crippen molar-refractivity contribution < 1.29 is 13.2 Å². The summed E-state index contributed by atoms with van der Waals surface area (Å²) in [6.07, 6.45) is 11.4. The quantitative estimate of drug-likeness (QED) is 0.212. The summed E-state index contributed by atoms with van der Waals surface area (Å²) in [5.41, 5.74) is 8.16. The molecule has 0 spiro atoms. The number of rotatable bonds is 6. The molecular weight excluding hydrogens is 581 g/mol. The van der Waals surface area contributed by atoms with Gasteiger partial charge in [0.2, 0.25) is 0 Å². The molecule has 0 aliphatic heterocycles. The van der Waals surface area contributed by atoms with Crippen molar-refractivity contribution in [3.63, 3.8) is 0 Å². The van der Waals surface area contributed by atoms with E-state index >= 15 is 0 Å². The molecule has 0 aromatic carbocycles. The molecule has 1 aliphatic carbocycles. The standard InChI is InChI=1S/C17H14F3N5.C15H15N5/c18-17(19,20)16(5-1-6-16)25-15-12-4-9-22-10-13(12)23-14(24-15)11-2-7-21-8-3-11;1-2-3-11-8-18-9-12-13(11)14(16)20-15(19-12)10-4-6-17-7-5-10/h2-4,7-10H,1,5-6H2,(H,23,24,25);4-9H,2-3H2,1H3,(H2,16,19,20). The van der Waals surface area contributed by atoms with Gasteiger partial charge in [-0.3, -0.25) is 19.9 Å². The van der Waals surface area contributed by atoms with Crippen molar-refractivity contribution in [3.05, 3.63) is 85.5 Å². The van der Waals surface area contributed by atoms with Crippen LogP contribution < -0.4 is 11.1 Å². The minimum Gasteiger partial charge on any atom is -0.383 e. The van der Waals surface area contributed by atoms with Gasteiger partial charge in [-0.1, -0.05) is 13.3 Å². The van der Waals surface area contributed by atoms with E-state index in [0.29, 0.717) is 40.4 Å². The molecular formula is C32H29F3N10. The predicted molar refractivity (Wildman–Crippen MR) is 166 cm³/mol. The van der Waals surface area contributed by atoms with Crippen molar-refractivity contribution in [1.82, 2.24) is 39.9 Å². The lowest BCUT2D eigenvalue weighted by atomic mass is 9.76. The number of pyridine rings is 4. The summed E-state index contributed by atoms with van der Waals surface area (Å²) >= 11 is 0. The highest BCUT2D eigenvalue weighted by atomic mass is 19.4. The fraction of sp³-hybridized carbons (Fsp3) is 0.250. The highest BCUT2D eigenvalue weighted by Crippen LogP contribution is 2.47. The van der Waals surface area contributed by atoms with Crippen LogP contribution >= 0.6 is 0 Å². The molecule has 10 nitrogen and oxygen atoms in total. The molecule has 45 heavy (non-hydrogen) atoms. The van der Waals surface area contributed by atoms with Gasteiger partial charge < -0.3 is 11.1 Å². The van der Waals surface area contributed by atoms with Crippen LogP contribution in [-0.4, -0.2) is 51.6 Å². The number of aromatic nitrogens is 8. The number of nitrogens with one attached hydrogen (secondary N) is 1. The van der Waals surface area contributed by atoms with E-state index in [1.54, 1.807) is 49.2 Å². The first-order chi connectivity index (χ1) is 21.8. The van der Waals surface area contributed by atoms with Crippen LogP contribution in [0.3, 0.4) is 0 Å². The molecule has 0 bridgehead atoms. The number of alkyl halides is 3. The van der Waals surface area contributed by atoms with Gasteiger partial charge in [-0.15, -0.1) is 0 Å². The minimum absolute atomic E-state index is 0.0394. The van der Waals surface area contributed by atoms with E-state index in [9.17, 15) is 13.2 Å². The van der Waals surface area contributed by atoms with E-state index in [4.69, 9.17) is 5.73 Å². The van der Waals surface area contributed by atoms with Crippen molar-refractivity contribution in [2.24, 2.45) is 0 Å². The molecule has 0 unspecified atom stereocenters. The van der Waals surface area contributed by atoms with Crippen molar-refractivity contribution >= 4 is 33.4 Å². The largest absolute Gasteiger partial charge is 0.411 e. The smallest absolute Gasteiger partial charge is 0.383 e. The number of nitrogen functional groups attached to an aromatic ring is 1. The van der Waals surface area contributed by atoms with Crippen molar-refractivity contribution in [3.8, 4) is 22.8 Å². The maximum atomic E-state index is 13.5. The molecule has 0 amide bonds. The third-order valence-corrected chi connectivity index (χ3v) is 7.72. The second kappa shape index (κ2) is 12.3. The average Bonchev–Trinajstić information content (AvgIpc) is 3.03. The van der Waals surface area contributed by atoms with E-state index in [0.717, 1.165) is 34.9 Å². The lowest BCUT2D eigenvalue weighted by Gasteiger charge is -2.44. The number of nitrogens with zero attached hydrogens (tertiary/aromatic N) is 8. The Morgan fingerprint density at radius 2 is 1.36 bits per heavy atom. The number of anilines is 2. The summed E-state index contributed by atoms with van der Waals surface area (Å²) < 4.78 is 40.6. The third-order valence-electron chi connectivity index (χ3n) is 7.72. The third kappa shape index (κ3) is 6.06. The molecule has 1 aliphatic rings. The Hall–Kier alpha value is -5.33. The molecule has 0 radical (unpaired) electrons. The summed E-state index contributed by atoms with van der Waals surface area (Å²) in [6.45, 7) is 2.13. The van der Waals surface area contributed by atoms with Crippen LogP contribution in [0.5, 0.6) is 0 Å². The first-order valence-electron chi connectivity index (χ1n) is 14.5. The van der Waals surface area contributed by atoms with Gasteiger partial charge in [-0.05, 0) is 61.6 Å². The van der Waals surface area contributed by atoms with Crippen molar-refractivity contribution in [2.75, 3.05) is 11.1 Å². The van der Waals surface area contributed by atoms with E-state index in [2.05, 4.69) is 52.1 Å². The Kier molecular flexibility index (Phi) is 8.16. The summed E-state index contributed by atoms with van der Waals surface area (Å²) in [4.78, 5) is 34.0. The number of hydrogen-bond acceptors (Lipinski definition) is 10. The predicted octanol–water partition coefficient (Wildman–Crippen LogP) is 6.61. The first-order valence-corrected chi connectivity index (χ1v) is 14.5. The highest BCUT2D eigenvalue weighted by Gasteiger charge is 2.58. The molecule has 6 heterocycles. The van der Waals surface area contributed by atoms with Crippen LogP contribution in [0.4, 0.5) is 24.8 Å². The summed E-state index contributed by atoms with van der Waals surface area (Å²) in [6, 6.07) is 8.78. The molecule has 13 heteroatoms. The Balaban J connectivity index is 0.000000163. The topological polar surface area (TPSA) is 141 Å². The van der Waals surface area contributed by atoms with Gasteiger partial charge >= 0.3 is 6.18 Å². The maximum Gasteiger partial charge on any atom is 0.411 e. The van der Waals surface area contributed by atoms with E-state index in [1.165, 1.54) is 12.4 Å². The van der Waals surface area contributed by atoms with Crippen molar-refractivity contribution in [2.45, 2.75) is 50.7 Å². The second-order valence-electron chi connectivity index (χ2n) is 10.7. The summed E-state index contributed by atoms with van der Waals surface area (Å²) in [5, 5.41) is 4.10. The number of aryl methyl sites for hydroxylation is 1. The molecule has 7 rings (SSSR count). The number of nitrogens with two attached hydrogens (primary N) is 1. The van der Waals surface area contributed by atoms with Gasteiger partial charge in [0.25, 0.3) is 0 Å². The van der Waals surface area contributed by atoms with Crippen LogP contribution in [0, 0.1) is 0 Å². The minimum atomic E-state index is -4.34. The molecule has 6 aromatic rings. The normalized spacial score (nSPS) is 14.0. The van der Waals surface area contributed by atoms with Crippen LogP contribution in [0.1, 0.15) is 38.2 Å². The van der Waals surface area contributed by atoms with Crippen LogP contribution in [0.15, 0.2) is 79.9 Å². The zero-order chi connectivity index (χ0) is 31.4. The summed E-state index contributed by atoms with van der Waals surface area (Å²) in [7, 11) is 0. The Morgan fingerprint density at radius 3 is 1.96 bits per heavy atom. The average molecular weight is 611 g/mol. The van der Waals surface area contributed by atoms with Crippen LogP contribution in [-0.2, 0) is 6.42 Å². The van der Waals surface area contributed by atoms with Crippen molar-refractivity contribution in [1.29, 1.82) is 0 Å². The molecule has 3 N–H and O–H groups in total. The maximum absolute atomic E-state index is 13.5. The van der Waals surface area contributed by atoms with Crippen LogP contribution in [0.2, 0.25) is 0 Å². The monoisotopic (exact) mass is 610 g/mol. The van der Waals surface area contributed by atoms with Crippen LogP contribution in [0.25, 0.3) is 44.6 Å². The molecule has 0 saturated heterocycles. The number of fused-ring (bicyclic) bond motifs is 2. The summed E-state index contributed by atoms with van der Waals surface area (Å²) in [5.74, 6) is 1.62. The van der Waals surface area contributed by atoms with Gasteiger partial charge in [-0.25, -0.2) is 19.9 Å². The van der Waals surface area contributed by atoms with Gasteiger partial charge in [0.05, 0.1) is 23.4 Å². The van der Waals surface area contributed by atoms with Gasteiger partial charge in [0, 0.05) is 59.1 Å². The molecule has 1 fully saturated rings. The van der Waals surface area contributed by atoms with Gasteiger partial charge in [0.15, 0.2) is 11.6 Å². The van der Waals surface area contributed by atoms with E-state index in [1.807, 2.05) is 18.3 Å². The first kappa shape index (κ1) is 29.7. The fourth-order valence-electron chi connectivity index (χ4n) is 5.21. The highest BCUT2D eigenvalue weighted by molar-refractivity contribution is 5.92. The van der Waals surface area contributed by atoms with Gasteiger partial charge in [-0.2, -0.15) is 13.2 Å². The zero-order valence-corrected chi connectivity index (χ0v) is 24.3. The zero-order valence-electron chi connectivity index (χ0n) is 24.3. The lowest BCUT2D eigenvalue weighted by Crippen LogP contribution is -2.57. The lowest BCUT2D eigenvalue weighted by molar-refractivity contribution is -0.198. The SMILES string of the molecule is CCCc1cncc2nc(-c3ccncc3)nc(N)c12.FC(F)(F)C1(Nc2nc(-c3ccncc3)nc3cnccc23)CCC1.